The maximum absolute atomic E-state index is 15.9. The summed E-state index contributed by atoms with van der Waals surface area (Å²) < 4.78 is 12.6. The molecular weight excluding hydrogens is 767 g/mol. The van der Waals surface area contributed by atoms with E-state index in [4.69, 9.17) is 9.47 Å². The molecular formula is C51H55N3O7. The second-order valence-electron chi connectivity index (χ2n) is 17.4. The van der Waals surface area contributed by atoms with Crippen molar-refractivity contribution in [2.24, 2.45) is 5.92 Å². The van der Waals surface area contributed by atoms with Gasteiger partial charge < -0.3 is 29.9 Å². The lowest BCUT2D eigenvalue weighted by atomic mass is 9.65. The summed E-state index contributed by atoms with van der Waals surface area (Å²) in [7, 11) is 0. The Balaban J connectivity index is 1.31. The fourth-order valence-electron chi connectivity index (χ4n) is 10.9. The summed E-state index contributed by atoms with van der Waals surface area (Å²) in [5.41, 5.74) is 1.32. The third kappa shape index (κ3) is 7.62. The normalized spacial score (nSPS) is 27.3. The minimum Gasteiger partial charge on any atom is -0.491 e. The van der Waals surface area contributed by atoms with E-state index in [0.717, 1.165) is 68.9 Å². The highest BCUT2D eigenvalue weighted by Gasteiger charge is 2.74. The number of esters is 1. The smallest absolute Gasteiger partial charge is 0.324 e. The first-order chi connectivity index (χ1) is 29.8. The molecule has 4 aliphatic heterocycles. The lowest BCUT2D eigenvalue weighted by Crippen LogP contribution is -2.55. The summed E-state index contributed by atoms with van der Waals surface area (Å²) >= 11 is 0. The van der Waals surface area contributed by atoms with Gasteiger partial charge in [0.05, 0.1) is 24.6 Å². The number of rotatable bonds is 7. The number of carbonyl (C=O) groups is 3. The van der Waals surface area contributed by atoms with Crippen LogP contribution in [-0.2, 0) is 24.5 Å². The minimum atomic E-state index is -1.65. The van der Waals surface area contributed by atoms with Crippen LogP contribution in [0.2, 0.25) is 0 Å². The van der Waals surface area contributed by atoms with Crippen LogP contribution in [0.4, 0.5) is 5.69 Å². The maximum Gasteiger partial charge on any atom is 0.324 e. The number of anilines is 1. The van der Waals surface area contributed by atoms with Gasteiger partial charge in [-0.15, -0.1) is 0 Å². The lowest BCUT2D eigenvalue weighted by Gasteiger charge is -2.46. The fraction of sp³-hybridized carbons (Fsp3) is 0.431. The van der Waals surface area contributed by atoms with Gasteiger partial charge in [0.25, 0.3) is 0 Å². The molecule has 1 spiro atoms. The second kappa shape index (κ2) is 17.5. The van der Waals surface area contributed by atoms with E-state index < -0.39 is 47.1 Å². The highest BCUT2D eigenvalue weighted by molar-refractivity contribution is 6.12. The summed E-state index contributed by atoms with van der Waals surface area (Å²) in [6.07, 6.45) is 9.09. The number of fused-ring (bicyclic) bond motifs is 3. The predicted octanol–water partition coefficient (Wildman–Crippen LogP) is 7.56. The van der Waals surface area contributed by atoms with Crippen molar-refractivity contribution in [3.63, 3.8) is 0 Å². The SMILES string of the molecule is O=C1O[C@H](c2ccccc2)[C@H](c2ccccc2)N2[C@H]1[C@@H](C(=O)N1CCCCCCC1)[C@]1(C(=O)Nc3ccc(C#CC4(O)CCCCCC4)cc31)[C@H]2c1cccc(OCCO)c1. The third-order valence-electron chi connectivity index (χ3n) is 13.6. The molecule has 5 aliphatic rings. The van der Waals surface area contributed by atoms with Crippen molar-refractivity contribution in [2.75, 3.05) is 31.6 Å². The van der Waals surface area contributed by atoms with E-state index in [1.165, 1.54) is 0 Å². The average molecular weight is 822 g/mol. The van der Waals surface area contributed by atoms with Crippen LogP contribution in [0.15, 0.2) is 103 Å². The molecule has 3 N–H and O–H groups in total. The van der Waals surface area contributed by atoms with Crippen LogP contribution in [0.25, 0.3) is 0 Å². The summed E-state index contributed by atoms with van der Waals surface area (Å²) in [5.74, 6) is 4.62. The fourth-order valence-corrected chi connectivity index (χ4v) is 10.9. The number of benzene rings is 4. The van der Waals surface area contributed by atoms with Crippen LogP contribution in [-0.4, -0.2) is 75.7 Å². The molecule has 9 rings (SSSR count). The molecule has 316 valence electrons. The van der Waals surface area contributed by atoms with E-state index in [0.29, 0.717) is 54.1 Å². The van der Waals surface area contributed by atoms with Gasteiger partial charge in [0, 0.05) is 24.3 Å². The topological polar surface area (TPSA) is 129 Å². The number of nitrogens with zero attached hydrogens (tertiary/aromatic N) is 2. The molecule has 4 heterocycles. The molecule has 10 nitrogen and oxygen atoms in total. The highest BCUT2D eigenvalue weighted by atomic mass is 16.6. The number of aliphatic hydroxyl groups excluding tert-OH is 1. The van der Waals surface area contributed by atoms with Crippen LogP contribution < -0.4 is 10.1 Å². The lowest BCUT2D eigenvalue weighted by molar-refractivity contribution is -0.179. The Kier molecular flexibility index (Phi) is 11.7. The maximum atomic E-state index is 15.9. The van der Waals surface area contributed by atoms with Crippen LogP contribution in [0, 0.1) is 17.8 Å². The summed E-state index contributed by atoms with van der Waals surface area (Å²) in [6, 6.07) is 30.0. The van der Waals surface area contributed by atoms with Crippen molar-refractivity contribution < 1.29 is 34.1 Å². The second-order valence-corrected chi connectivity index (χ2v) is 17.4. The van der Waals surface area contributed by atoms with Gasteiger partial charge in [-0.1, -0.05) is 117 Å². The van der Waals surface area contributed by atoms with Gasteiger partial charge in [0.2, 0.25) is 11.8 Å². The Labute approximate surface area is 358 Å². The summed E-state index contributed by atoms with van der Waals surface area (Å²) in [4.78, 5) is 50.8. The zero-order valence-electron chi connectivity index (χ0n) is 34.6. The molecule has 6 atom stereocenters. The van der Waals surface area contributed by atoms with Crippen molar-refractivity contribution in [2.45, 2.75) is 106 Å². The predicted molar refractivity (Wildman–Crippen MR) is 231 cm³/mol. The number of amides is 2. The van der Waals surface area contributed by atoms with Crippen molar-refractivity contribution in [1.29, 1.82) is 0 Å². The molecule has 1 aliphatic carbocycles. The van der Waals surface area contributed by atoms with Gasteiger partial charge in [0.15, 0.2) is 0 Å². The Morgan fingerprint density at radius 1 is 0.770 bits per heavy atom. The number of hydrogen-bond donors (Lipinski definition) is 3. The average Bonchev–Trinajstić information content (AvgIpc) is 3.64. The van der Waals surface area contributed by atoms with Crippen LogP contribution in [0.3, 0.4) is 0 Å². The molecule has 0 unspecified atom stereocenters. The number of morpholine rings is 1. The number of aliphatic hydroxyl groups is 2. The zero-order chi connectivity index (χ0) is 42.0. The molecule has 2 amide bonds. The molecule has 0 aromatic heterocycles. The molecule has 61 heavy (non-hydrogen) atoms. The Morgan fingerprint density at radius 3 is 2.13 bits per heavy atom. The molecule has 4 aromatic rings. The van der Waals surface area contributed by atoms with E-state index in [1.807, 2.05) is 108 Å². The first kappa shape index (κ1) is 40.9. The van der Waals surface area contributed by atoms with Gasteiger partial charge in [-0.05, 0) is 91.1 Å². The van der Waals surface area contributed by atoms with Crippen LogP contribution in [0.5, 0.6) is 5.75 Å². The molecule has 1 saturated carbocycles. The molecule has 3 saturated heterocycles. The summed E-state index contributed by atoms with van der Waals surface area (Å²) in [5, 5.41) is 24.5. The first-order valence-corrected chi connectivity index (χ1v) is 22.2. The van der Waals surface area contributed by atoms with Crippen LogP contribution in [0.1, 0.15) is 117 Å². The standard InChI is InChI=1S/C51H55N3O7/c55-31-32-60-39-22-16-21-38(34-39)46-51(40-33-35(23-24-41(40)52-49(51)58)25-28-50(59)26-12-2-3-13-27-50)42(47(56)53-29-14-4-1-5-15-30-53)44-48(57)61-45(37-19-10-7-11-20-37)43(54(44)46)36-17-8-6-9-18-36/h6-11,16-24,33-34,42-46,55,59H,1-5,12-15,26-27,29-32H2,(H,52,58)/t42-,43-,44-,45+,46+,51-/m0/s1. The van der Waals surface area contributed by atoms with E-state index in [2.05, 4.69) is 22.1 Å². The van der Waals surface area contributed by atoms with E-state index in [9.17, 15) is 10.2 Å². The van der Waals surface area contributed by atoms with Crippen molar-refractivity contribution in [3.8, 4) is 17.6 Å². The molecule has 0 radical (unpaired) electrons. The highest BCUT2D eigenvalue weighted by Crippen LogP contribution is 2.65. The van der Waals surface area contributed by atoms with Crippen molar-refractivity contribution in [3.05, 3.63) is 131 Å². The zero-order valence-corrected chi connectivity index (χ0v) is 34.6. The number of cyclic esters (lactones) is 1. The van der Waals surface area contributed by atoms with Crippen molar-refractivity contribution >= 4 is 23.5 Å². The van der Waals surface area contributed by atoms with E-state index in [1.54, 1.807) is 0 Å². The largest absolute Gasteiger partial charge is 0.491 e. The monoisotopic (exact) mass is 821 g/mol. The Bertz CT molecular complexity index is 2290. The van der Waals surface area contributed by atoms with Crippen LogP contribution >= 0.6 is 0 Å². The van der Waals surface area contributed by atoms with E-state index in [-0.39, 0.29) is 25.0 Å². The Morgan fingerprint density at radius 2 is 1.43 bits per heavy atom. The van der Waals surface area contributed by atoms with Gasteiger partial charge in [-0.3, -0.25) is 19.3 Å². The number of likely N-dealkylation sites (tertiary alicyclic amines) is 1. The quantitative estimate of drug-likeness (QED) is 0.0991. The third-order valence-corrected chi connectivity index (χ3v) is 13.6. The Hall–Kier alpha value is -5.47. The number of nitrogens with one attached hydrogen (secondary N) is 1. The van der Waals surface area contributed by atoms with Gasteiger partial charge in [-0.25, -0.2) is 0 Å². The molecule has 0 bridgehead atoms. The van der Waals surface area contributed by atoms with E-state index >= 15 is 14.4 Å². The molecule has 10 heteroatoms. The molecule has 4 fully saturated rings. The summed E-state index contributed by atoms with van der Waals surface area (Å²) in [6.45, 7) is 0.924. The number of ether oxygens (including phenoxy) is 2. The van der Waals surface area contributed by atoms with Crippen molar-refractivity contribution in [1.82, 2.24) is 9.80 Å². The minimum absolute atomic E-state index is 0.0639. The number of carbonyl (C=O) groups excluding carboxylic acids is 3. The number of hydrogen-bond acceptors (Lipinski definition) is 8. The van der Waals surface area contributed by atoms with Gasteiger partial charge in [-0.2, -0.15) is 0 Å². The molecule has 4 aromatic carbocycles. The first-order valence-electron chi connectivity index (χ1n) is 22.2. The van der Waals surface area contributed by atoms with Gasteiger partial charge in [0.1, 0.15) is 35.5 Å². The van der Waals surface area contributed by atoms with Gasteiger partial charge >= 0.3 is 5.97 Å².